The van der Waals surface area contributed by atoms with Gasteiger partial charge in [0, 0.05) is 19.5 Å². The number of carbonyl (C=O) groups is 2. The van der Waals surface area contributed by atoms with Crippen LogP contribution in [0.4, 0.5) is 5.82 Å². The second-order valence-electron chi connectivity index (χ2n) is 4.90. The molecule has 0 saturated heterocycles. The fourth-order valence-electron chi connectivity index (χ4n) is 2.39. The molecule has 23 heavy (non-hydrogen) atoms. The van der Waals surface area contributed by atoms with Gasteiger partial charge >= 0.3 is 0 Å². The first-order valence-electron chi connectivity index (χ1n) is 6.29. The minimum absolute atomic E-state index is 0.00479. The summed E-state index contributed by atoms with van der Waals surface area (Å²) in [5, 5.41) is 2.14. The zero-order valence-electron chi connectivity index (χ0n) is 11.5. The van der Waals surface area contributed by atoms with Crippen LogP contribution in [0.5, 0.6) is 0 Å². The van der Waals surface area contributed by atoms with Crippen LogP contribution in [0.15, 0.2) is 30.3 Å². The van der Waals surface area contributed by atoms with E-state index in [2.05, 4.69) is 53.1 Å². The third kappa shape index (κ3) is 2.38. The van der Waals surface area contributed by atoms with Gasteiger partial charge in [0.25, 0.3) is 17.4 Å². The molecular formula is C14H8Br3N3O3. The number of pyridine rings is 1. The number of carbonyl (C=O) groups excluding carboxylic acids is 2. The summed E-state index contributed by atoms with van der Waals surface area (Å²) in [4.78, 5) is 36.1. The molecule has 2 aromatic rings. The number of benzene rings is 1. The Balaban J connectivity index is 2.43. The lowest BCUT2D eigenvalue weighted by Gasteiger charge is -2.17. The number of fused-ring (bicyclic) bond motifs is 1. The third-order valence-electron chi connectivity index (χ3n) is 3.55. The predicted molar refractivity (Wildman–Crippen MR) is 96.1 cm³/mol. The molecule has 2 heterocycles. The van der Waals surface area contributed by atoms with Crippen molar-refractivity contribution in [3.05, 3.63) is 52.6 Å². The van der Waals surface area contributed by atoms with Crippen LogP contribution in [0.25, 0.3) is 5.69 Å². The van der Waals surface area contributed by atoms with Gasteiger partial charge in [-0.15, -0.1) is 0 Å². The summed E-state index contributed by atoms with van der Waals surface area (Å²) in [6.07, 6.45) is 0. The number of amides is 2. The van der Waals surface area contributed by atoms with Crippen molar-refractivity contribution in [3.63, 3.8) is 0 Å². The van der Waals surface area contributed by atoms with Crippen LogP contribution in [-0.4, -0.2) is 16.4 Å². The van der Waals surface area contributed by atoms with Gasteiger partial charge in [-0.2, -0.15) is 0 Å². The number of hydrogen-bond donors (Lipinski definition) is 2. The maximum Gasteiger partial charge on any atom is 0.262 e. The fraction of sp³-hybridized carbons (Fsp3) is 0.0714. The number of nitrogens with zero attached hydrogens (tertiary/aromatic N) is 1. The lowest BCUT2D eigenvalue weighted by Crippen LogP contribution is -2.24. The first-order chi connectivity index (χ1) is 10.7. The monoisotopic (exact) mass is 503 g/mol. The molecule has 6 nitrogen and oxygen atoms in total. The van der Waals surface area contributed by atoms with Crippen molar-refractivity contribution >= 4 is 65.4 Å². The molecule has 1 aromatic heterocycles. The Morgan fingerprint density at radius 3 is 2.35 bits per heavy atom. The van der Waals surface area contributed by atoms with E-state index in [-0.39, 0.29) is 16.9 Å². The first-order valence-corrected chi connectivity index (χ1v) is 8.67. The zero-order chi connectivity index (χ0) is 17.0. The molecule has 1 aliphatic rings. The van der Waals surface area contributed by atoms with E-state index in [4.69, 9.17) is 5.73 Å². The van der Waals surface area contributed by atoms with Gasteiger partial charge < -0.3 is 5.73 Å². The van der Waals surface area contributed by atoms with Gasteiger partial charge in [-0.05, 0) is 50.4 Å². The van der Waals surface area contributed by atoms with Crippen LogP contribution in [0.1, 0.15) is 26.3 Å². The van der Waals surface area contributed by atoms with Crippen LogP contribution < -0.4 is 16.6 Å². The molecule has 0 atom stereocenters. The zero-order valence-corrected chi connectivity index (χ0v) is 16.3. The number of halogens is 3. The highest BCUT2D eigenvalue weighted by Crippen LogP contribution is 2.37. The maximum absolute atomic E-state index is 12.5. The van der Waals surface area contributed by atoms with Crippen LogP contribution >= 0.6 is 47.8 Å². The average molecular weight is 506 g/mol. The summed E-state index contributed by atoms with van der Waals surface area (Å²) in [6.45, 7) is 1.86. The molecule has 0 aliphatic carbocycles. The fourth-order valence-corrected chi connectivity index (χ4v) is 4.87. The largest absolute Gasteiger partial charge is 0.384 e. The molecule has 2 amide bonds. The van der Waals surface area contributed by atoms with Gasteiger partial charge in [0.05, 0.1) is 16.8 Å². The van der Waals surface area contributed by atoms with Crippen molar-refractivity contribution in [2.75, 3.05) is 5.73 Å². The number of nitrogens with two attached hydrogens (primary N) is 1. The average Bonchev–Trinajstić information content (AvgIpc) is 2.74. The molecule has 1 aromatic carbocycles. The van der Waals surface area contributed by atoms with E-state index in [0.717, 1.165) is 16.1 Å². The summed E-state index contributed by atoms with van der Waals surface area (Å²) in [5.41, 5.74) is 6.86. The SMILES string of the molecule is Cc1c(Br)cc(Br)c(-n2c(N)c3c(cc2=O)C(=O)NC3=O)c1Br. The number of anilines is 1. The topological polar surface area (TPSA) is 94.2 Å². The normalized spacial score (nSPS) is 13.2. The van der Waals surface area contributed by atoms with Gasteiger partial charge in [-0.3, -0.25) is 24.3 Å². The van der Waals surface area contributed by atoms with Crippen LogP contribution in [0.3, 0.4) is 0 Å². The second kappa shape index (κ2) is 5.57. The Bertz CT molecular complexity index is 966. The van der Waals surface area contributed by atoms with Crippen molar-refractivity contribution in [3.8, 4) is 5.69 Å². The Morgan fingerprint density at radius 2 is 1.70 bits per heavy atom. The van der Waals surface area contributed by atoms with Crippen molar-refractivity contribution in [1.82, 2.24) is 9.88 Å². The minimum atomic E-state index is -0.619. The summed E-state index contributed by atoms with van der Waals surface area (Å²) < 4.78 is 3.27. The number of imide groups is 1. The van der Waals surface area contributed by atoms with Crippen molar-refractivity contribution < 1.29 is 9.59 Å². The van der Waals surface area contributed by atoms with Gasteiger partial charge in [-0.1, -0.05) is 15.9 Å². The van der Waals surface area contributed by atoms with E-state index in [9.17, 15) is 14.4 Å². The lowest BCUT2D eigenvalue weighted by molar-refractivity contribution is 0.0880. The van der Waals surface area contributed by atoms with Crippen molar-refractivity contribution in [1.29, 1.82) is 0 Å². The van der Waals surface area contributed by atoms with Crippen LogP contribution in [-0.2, 0) is 0 Å². The molecule has 0 spiro atoms. The van der Waals surface area contributed by atoms with E-state index in [1.807, 2.05) is 6.92 Å². The molecule has 118 valence electrons. The molecule has 0 bridgehead atoms. The first kappa shape index (κ1) is 16.4. The summed E-state index contributed by atoms with van der Waals surface area (Å²) in [7, 11) is 0. The summed E-state index contributed by atoms with van der Waals surface area (Å²) in [5.74, 6) is -1.32. The van der Waals surface area contributed by atoms with Crippen molar-refractivity contribution in [2.45, 2.75) is 6.92 Å². The molecule has 3 rings (SSSR count). The Morgan fingerprint density at radius 1 is 1.04 bits per heavy atom. The molecular weight excluding hydrogens is 498 g/mol. The number of nitrogens with one attached hydrogen (secondary N) is 1. The standard InChI is InChI=1S/C14H8Br3N3O3/c1-4-6(15)3-7(16)11(10(4)17)20-8(21)2-5-9(12(20)18)14(23)19-13(5)22/h2-3H,18H2,1H3,(H,19,22,23). The van der Waals surface area contributed by atoms with Crippen LogP contribution in [0, 0.1) is 6.92 Å². The van der Waals surface area contributed by atoms with Crippen LogP contribution in [0.2, 0.25) is 0 Å². The third-order valence-corrected chi connectivity index (χ3v) is 5.95. The highest BCUT2D eigenvalue weighted by Gasteiger charge is 2.32. The molecule has 0 unspecified atom stereocenters. The van der Waals surface area contributed by atoms with Gasteiger partial charge in [0.15, 0.2) is 0 Å². The van der Waals surface area contributed by atoms with E-state index in [1.54, 1.807) is 6.07 Å². The Kier molecular flexibility index (Phi) is 3.97. The van der Waals surface area contributed by atoms with Gasteiger partial charge in [0.2, 0.25) is 0 Å². The molecule has 1 aliphatic heterocycles. The molecule has 3 N–H and O–H groups in total. The predicted octanol–water partition coefficient (Wildman–Crippen LogP) is 2.90. The number of nitrogen functional groups attached to an aromatic ring is 1. The molecule has 9 heteroatoms. The molecule has 0 fully saturated rings. The highest BCUT2D eigenvalue weighted by molar-refractivity contribution is 9.11. The van der Waals surface area contributed by atoms with Gasteiger partial charge in [0.1, 0.15) is 5.82 Å². The number of hydrogen-bond acceptors (Lipinski definition) is 4. The van der Waals surface area contributed by atoms with E-state index in [0.29, 0.717) is 14.6 Å². The molecule has 0 radical (unpaired) electrons. The molecule has 0 saturated carbocycles. The smallest absolute Gasteiger partial charge is 0.262 e. The van der Waals surface area contributed by atoms with E-state index < -0.39 is 17.4 Å². The minimum Gasteiger partial charge on any atom is -0.384 e. The van der Waals surface area contributed by atoms with E-state index >= 15 is 0 Å². The summed E-state index contributed by atoms with van der Waals surface area (Å²) >= 11 is 10.3. The van der Waals surface area contributed by atoms with E-state index in [1.165, 1.54) is 4.57 Å². The summed E-state index contributed by atoms with van der Waals surface area (Å²) in [6, 6.07) is 2.89. The maximum atomic E-state index is 12.5. The number of rotatable bonds is 1. The van der Waals surface area contributed by atoms with Gasteiger partial charge in [-0.25, -0.2) is 0 Å². The number of aromatic nitrogens is 1. The second-order valence-corrected chi connectivity index (χ2v) is 7.40. The quantitative estimate of drug-likeness (QED) is 0.583. The lowest BCUT2D eigenvalue weighted by atomic mass is 10.1. The van der Waals surface area contributed by atoms with Crippen molar-refractivity contribution in [2.24, 2.45) is 0 Å². The highest BCUT2D eigenvalue weighted by atomic mass is 79.9. The Labute approximate surface area is 155 Å². The Hall–Kier alpha value is -1.45.